The van der Waals surface area contributed by atoms with Gasteiger partial charge in [-0.1, -0.05) is 0 Å². The molecule has 1 fully saturated rings. The van der Waals surface area contributed by atoms with Crippen LogP contribution in [-0.2, 0) is 0 Å². The van der Waals surface area contributed by atoms with Crippen LogP contribution in [0.3, 0.4) is 0 Å². The summed E-state index contributed by atoms with van der Waals surface area (Å²) in [7, 11) is 0. The van der Waals surface area contributed by atoms with Crippen molar-refractivity contribution in [2.75, 3.05) is 24.5 Å². The highest BCUT2D eigenvalue weighted by Crippen LogP contribution is 2.18. The molecule has 3 heterocycles. The van der Waals surface area contributed by atoms with E-state index in [1.54, 1.807) is 0 Å². The van der Waals surface area contributed by atoms with Crippen LogP contribution in [0, 0.1) is 0 Å². The van der Waals surface area contributed by atoms with Crippen molar-refractivity contribution in [1.29, 1.82) is 0 Å². The zero-order valence-electron chi connectivity index (χ0n) is 9.30. The number of fused-ring (bicyclic) bond motifs is 1. The normalized spacial score (nSPS) is 21.6. The molecule has 2 aromatic heterocycles. The highest BCUT2D eigenvalue weighted by Gasteiger charge is 2.18. The van der Waals surface area contributed by atoms with Crippen LogP contribution in [-0.4, -0.2) is 40.3 Å². The predicted octanol–water partition coefficient (Wildman–Crippen LogP) is 0.527. The topological polar surface area (TPSA) is 45.5 Å². The van der Waals surface area contributed by atoms with Gasteiger partial charge >= 0.3 is 0 Å². The lowest BCUT2D eigenvalue weighted by Crippen LogP contribution is -2.49. The Labute approximate surface area is 94.1 Å². The van der Waals surface area contributed by atoms with E-state index in [-0.39, 0.29) is 0 Å². The largest absolute Gasteiger partial charge is 0.352 e. The van der Waals surface area contributed by atoms with Gasteiger partial charge in [0.1, 0.15) is 5.52 Å². The first-order chi connectivity index (χ1) is 7.84. The smallest absolute Gasteiger partial charge is 0.154 e. The highest BCUT2D eigenvalue weighted by molar-refractivity contribution is 5.68. The lowest BCUT2D eigenvalue weighted by atomic mass is 10.2. The van der Waals surface area contributed by atoms with Crippen molar-refractivity contribution in [3.63, 3.8) is 0 Å². The summed E-state index contributed by atoms with van der Waals surface area (Å²) in [5.41, 5.74) is 1.08. The molecule has 0 unspecified atom stereocenters. The van der Waals surface area contributed by atoms with Gasteiger partial charge in [-0.25, -0.2) is 9.50 Å². The second-order valence-electron chi connectivity index (χ2n) is 4.21. The van der Waals surface area contributed by atoms with Crippen molar-refractivity contribution in [3.8, 4) is 0 Å². The first-order valence-corrected chi connectivity index (χ1v) is 5.61. The molecule has 16 heavy (non-hydrogen) atoms. The number of anilines is 1. The van der Waals surface area contributed by atoms with Crippen molar-refractivity contribution in [2.45, 2.75) is 13.0 Å². The van der Waals surface area contributed by atoms with Gasteiger partial charge in [0.25, 0.3) is 0 Å². The predicted molar refractivity (Wildman–Crippen MR) is 62.7 cm³/mol. The summed E-state index contributed by atoms with van der Waals surface area (Å²) in [6.07, 6.45) is 5.50. The SMILES string of the molecule is C[C@H]1CN(c2nccn3nccc23)CCN1. The molecular weight excluding hydrogens is 202 g/mol. The van der Waals surface area contributed by atoms with Crippen molar-refractivity contribution in [3.05, 3.63) is 24.7 Å². The molecule has 1 aliphatic rings. The lowest BCUT2D eigenvalue weighted by molar-refractivity contribution is 0.482. The quantitative estimate of drug-likeness (QED) is 0.756. The molecule has 2 aromatic rings. The van der Waals surface area contributed by atoms with Crippen molar-refractivity contribution in [2.24, 2.45) is 0 Å². The Balaban J connectivity index is 2.01. The van der Waals surface area contributed by atoms with Crippen molar-refractivity contribution in [1.82, 2.24) is 19.9 Å². The van der Waals surface area contributed by atoms with Crippen LogP contribution >= 0.6 is 0 Å². The summed E-state index contributed by atoms with van der Waals surface area (Å²) in [5, 5.41) is 7.66. The highest BCUT2D eigenvalue weighted by atomic mass is 15.3. The van der Waals surface area contributed by atoms with Crippen LogP contribution in [0.25, 0.3) is 5.52 Å². The molecule has 1 saturated heterocycles. The van der Waals surface area contributed by atoms with E-state index < -0.39 is 0 Å². The Kier molecular flexibility index (Phi) is 2.25. The third-order valence-corrected chi connectivity index (χ3v) is 2.97. The Bertz CT molecular complexity index is 492. The van der Waals surface area contributed by atoms with E-state index in [1.807, 2.05) is 29.2 Å². The number of aromatic nitrogens is 3. The Morgan fingerprint density at radius 1 is 1.44 bits per heavy atom. The van der Waals surface area contributed by atoms with Gasteiger partial charge in [0, 0.05) is 38.1 Å². The van der Waals surface area contributed by atoms with E-state index in [0.717, 1.165) is 31.0 Å². The maximum Gasteiger partial charge on any atom is 0.154 e. The molecule has 0 radical (unpaired) electrons. The molecule has 5 nitrogen and oxygen atoms in total. The van der Waals surface area contributed by atoms with E-state index in [1.165, 1.54) is 0 Å². The third kappa shape index (κ3) is 1.53. The average Bonchev–Trinajstić information content (AvgIpc) is 2.76. The van der Waals surface area contributed by atoms with E-state index in [0.29, 0.717) is 6.04 Å². The van der Waals surface area contributed by atoms with Gasteiger partial charge in [0.15, 0.2) is 5.82 Å². The van der Waals surface area contributed by atoms with E-state index in [2.05, 4.69) is 27.2 Å². The van der Waals surface area contributed by atoms with Gasteiger partial charge in [-0.15, -0.1) is 0 Å². The maximum atomic E-state index is 4.47. The molecule has 0 aliphatic carbocycles. The van der Waals surface area contributed by atoms with E-state index >= 15 is 0 Å². The van der Waals surface area contributed by atoms with E-state index in [9.17, 15) is 0 Å². The summed E-state index contributed by atoms with van der Waals surface area (Å²) < 4.78 is 1.87. The fourth-order valence-corrected chi connectivity index (χ4v) is 2.21. The molecule has 0 amide bonds. The van der Waals surface area contributed by atoms with E-state index in [4.69, 9.17) is 0 Å². The second kappa shape index (κ2) is 3.75. The van der Waals surface area contributed by atoms with Gasteiger partial charge in [0.05, 0.1) is 6.20 Å². The lowest BCUT2D eigenvalue weighted by Gasteiger charge is -2.32. The summed E-state index contributed by atoms with van der Waals surface area (Å²) in [4.78, 5) is 6.79. The third-order valence-electron chi connectivity index (χ3n) is 2.97. The number of hydrogen-bond acceptors (Lipinski definition) is 4. The van der Waals surface area contributed by atoms with Crippen LogP contribution in [0.1, 0.15) is 6.92 Å². The first kappa shape index (κ1) is 9.59. The van der Waals surface area contributed by atoms with Gasteiger partial charge in [-0.3, -0.25) is 0 Å². The molecule has 0 bridgehead atoms. The van der Waals surface area contributed by atoms with Gasteiger partial charge in [0.2, 0.25) is 0 Å². The summed E-state index contributed by atoms with van der Waals surface area (Å²) in [5.74, 6) is 1.04. The molecule has 1 aliphatic heterocycles. The first-order valence-electron chi connectivity index (χ1n) is 5.61. The average molecular weight is 217 g/mol. The Hall–Kier alpha value is -1.62. The molecule has 0 saturated carbocycles. The summed E-state index contributed by atoms with van der Waals surface area (Å²) >= 11 is 0. The minimum Gasteiger partial charge on any atom is -0.352 e. The van der Waals surface area contributed by atoms with Crippen LogP contribution in [0.2, 0.25) is 0 Å². The minimum absolute atomic E-state index is 0.513. The number of hydrogen-bond donors (Lipinski definition) is 1. The van der Waals surface area contributed by atoms with Crippen LogP contribution < -0.4 is 10.2 Å². The molecule has 1 atom stereocenters. The number of nitrogens with one attached hydrogen (secondary N) is 1. The second-order valence-corrected chi connectivity index (χ2v) is 4.21. The van der Waals surface area contributed by atoms with Crippen LogP contribution in [0.4, 0.5) is 5.82 Å². The number of nitrogens with zero attached hydrogens (tertiary/aromatic N) is 4. The standard InChI is InChI=1S/C11H15N5/c1-9-8-15(6-4-12-9)11-10-2-3-14-16(10)7-5-13-11/h2-3,5,7,9,12H,4,6,8H2,1H3/t9-/m0/s1. The fourth-order valence-electron chi connectivity index (χ4n) is 2.21. The minimum atomic E-state index is 0.513. The van der Waals surface area contributed by atoms with Gasteiger partial charge < -0.3 is 10.2 Å². The van der Waals surface area contributed by atoms with Crippen molar-refractivity contribution >= 4 is 11.3 Å². The van der Waals surface area contributed by atoms with Crippen molar-refractivity contribution < 1.29 is 0 Å². The van der Waals surface area contributed by atoms with Gasteiger partial charge in [-0.2, -0.15) is 5.10 Å². The Morgan fingerprint density at radius 2 is 2.38 bits per heavy atom. The number of rotatable bonds is 1. The monoisotopic (exact) mass is 217 g/mol. The molecule has 0 aromatic carbocycles. The Morgan fingerprint density at radius 3 is 3.25 bits per heavy atom. The van der Waals surface area contributed by atoms with Crippen LogP contribution in [0.5, 0.6) is 0 Å². The zero-order valence-corrected chi connectivity index (χ0v) is 9.30. The maximum absolute atomic E-state index is 4.47. The van der Waals surface area contributed by atoms with Gasteiger partial charge in [-0.05, 0) is 13.0 Å². The zero-order chi connectivity index (χ0) is 11.0. The summed E-state index contributed by atoms with van der Waals surface area (Å²) in [6.45, 7) is 5.21. The summed E-state index contributed by atoms with van der Waals surface area (Å²) in [6, 6.07) is 2.52. The number of piperazine rings is 1. The molecule has 5 heteroatoms. The molecule has 1 N–H and O–H groups in total. The van der Waals surface area contributed by atoms with Crippen LogP contribution in [0.15, 0.2) is 24.7 Å². The molecule has 84 valence electrons. The molecule has 3 rings (SSSR count). The molecular formula is C11H15N5. The molecule has 0 spiro atoms. The fraction of sp³-hybridized carbons (Fsp3) is 0.455.